The van der Waals surface area contributed by atoms with Gasteiger partial charge >= 0.3 is 0 Å². The smallest absolute Gasteiger partial charge is 0.233 e. The molecular formula is C20H16F2N2O2. The Labute approximate surface area is 149 Å². The third kappa shape index (κ3) is 3.21. The summed E-state index contributed by atoms with van der Waals surface area (Å²) in [5, 5.41) is 8.85. The van der Waals surface area contributed by atoms with E-state index in [1.165, 1.54) is 35.2 Å². The summed E-state index contributed by atoms with van der Waals surface area (Å²) in [6.07, 6.45) is -0.202. The Kier molecular flexibility index (Phi) is 4.81. The van der Waals surface area contributed by atoms with E-state index >= 15 is 0 Å². The van der Waals surface area contributed by atoms with E-state index in [4.69, 9.17) is 5.26 Å². The van der Waals surface area contributed by atoms with Crippen LogP contribution in [0.2, 0.25) is 0 Å². The van der Waals surface area contributed by atoms with E-state index in [1.54, 1.807) is 25.2 Å². The van der Waals surface area contributed by atoms with Gasteiger partial charge in [-0.1, -0.05) is 24.3 Å². The van der Waals surface area contributed by atoms with Crippen LogP contribution in [-0.2, 0) is 16.0 Å². The molecule has 1 saturated heterocycles. The fraction of sp³-hybridized carbons (Fsp3) is 0.250. The first-order valence-electron chi connectivity index (χ1n) is 8.13. The summed E-state index contributed by atoms with van der Waals surface area (Å²) in [6, 6.07) is 11.8. The zero-order valence-electron chi connectivity index (χ0n) is 14.1. The molecule has 2 aromatic carbocycles. The molecule has 1 amide bonds. The van der Waals surface area contributed by atoms with Crippen LogP contribution in [0.3, 0.4) is 0 Å². The molecule has 1 aliphatic heterocycles. The van der Waals surface area contributed by atoms with Crippen LogP contribution in [0.25, 0.3) is 0 Å². The van der Waals surface area contributed by atoms with Crippen molar-refractivity contribution in [3.8, 4) is 6.07 Å². The molecule has 132 valence electrons. The lowest BCUT2D eigenvalue weighted by atomic mass is 9.83. The molecule has 3 rings (SSSR count). The standard InChI is InChI=1S/C20H16F2N2O2/c1-24-11-15(12-6-7-14(10-23)17(22)8-12)19(20(24)26)18(25)9-13-4-2-3-5-16(13)21/h2-8,15,19H,9,11H2,1H3/t15-,19+/m1/s1. The maximum Gasteiger partial charge on any atom is 0.233 e. The molecule has 0 aromatic heterocycles. The van der Waals surface area contributed by atoms with Crippen molar-refractivity contribution >= 4 is 11.7 Å². The molecule has 0 radical (unpaired) electrons. The van der Waals surface area contributed by atoms with Gasteiger partial charge in [0.25, 0.3) is 0 Å². The highest BCUT2D eigenvalue weighted by atomic mass is 19.1. The van der Waals surface area contributed by atoms with Crippen LogP contribution in [0.15, 0.2) is 42.5 Å². The van der Waals surface area contributed by atoms with Crippen molar-refractivity contribution in [2.24, 2.45) is 5.92 Å². The zero-order valence-corrected chi connectivity index (χ0v) is 14.1. The van der Waals surface area contributed by atoms with E-state index in [9.17, 15) is 18.4 Å². The van der Waals surface area contributed by atoms with Gasteiger partial charge in [0.2, 0.25) is 5.91 Å². The van der Waals surface area contributed by atoms with Gasteiger partial charge < -0.3 is 4.90 Å². The second kappa shape index (κ2) is 7.04. The maximum absolute atomic E-state index is 14.0. The van der Waals surface area contributed by atoms with Crippen LogP contribution in [0, 0.1) is 28.9 Å². The van der Waals surface area contributed by atoms with Crippen LogP contribution >= 0.6 is 0 Å². The molecule has 0 aliphatic carbocycles. The van der Waals surface area contributed by atoms with E-state index in [0.717, 1.165) is 0 Å². The minimum Gasteiger partial charge on any atom is -0.344 e. The summed E-state index contributed by atoms with van der Waals surface area (Å²) >= 11 is 0. The molecular weight excluding hydrogens is 338 g/mol. The monoisotopic (exact) mass is 354 g/mol. The average molecular weight is 354 g/mol. The first-order chi connectivity index (χ1) is 12.4. The summed E-state index contributed by atoms with van der Waals surface area (Å²) in [7, 11) is 1.58. The largest absolute Gasteiger partial charge is 0.344 e. The second-order valence-electron chi connectivity index (χ2n) is 6.39. The molecule has 0 saturated carbocycles. The molecule has 26 heavy (non-hydrogen) atoms. The van der Waals surface area contributed by atoms with Gasteiger partial charge in [0.05, 0.1) is 5.56 Å². The van der Waals surface area contributed by atoms with Crippen molar-refractivity contribution in [3.63, 3.8) is 0 Å². The van der Waals surface area contributed by atoms with Crippen LogP contribution in [0.5, 0.6) is 0 Å². The number of nitriles is 1. The Morgan fingerprint density at radius 1 is 1.23 bits per heavy atom. The molecule has 0 N–H and O–H groups in total. The van der Waals surface area contributed by atoms with E-state index < -0.39 is 29.3 Å². The quantitative estimate of drug-likeness (QED) is 0.793. The van der Waals surface area contributed by atoms with Crippen LogP contribution < -0.4 is 0 Å². The average Bonchev–Trinajstić information content (AvgIpc) is 2.92. The molecule has 2 aromatic rings. The highest BCUT2D eigenvalue weighted by Crippen LogP contribution is 2.35. The number of likely N-dealkylation sites (N-methyl/N-ethyl adjacent to an activating group) is 1. The Morgan fingerprint density at radius 3 is 2.62 bits per heavy atom. The number of ketones is 1. The molecule has 2 atom stereocenters. The number of rotatable bonds is 4. The molecule has 0 bridgehead atoms. The normalized spacial score (nSPS) is 19.5. The number of carbonyl (C=O) groups is 2. The first-order valence-corrected chi connectivity index (χ1v) is 8.13. The van der Waals surface area contributed by atoms with Gasteiger partial charge in [-0.2, -0.15) is 5.26 Å². The Morgan fingerprint density at radius 2 is 1.96 bits per heavy atom. The van der Waals surface area contributed by atoms with Gasteiger partial charge in [0.15, 0.2) is 0 Å². The summed E-state index contributed by atoms with van der Waals surface area (Å²) < 4.78 is 27.8. The summed E-state index contributed by atoms with van der Waals surface area (Å²) in [4.78, 5) is 26.7. The first kappa shape index (κ1) is 17.7. The molecule has 4 nitrogen and oxygen atoms in total. The fourth-order valence-electron chi connectivity index (χ4n) is 3.35. The number of carbonyl (C=O) groups excluding carboxylic acids is 2. The number of nitrogens with zero attached hydrogens (tertiary/aromatic N) is 2. The minimum absolute atomic E-state index is 0.0966. The van der Waals surface area contributed by atoms with Crippen LogP contribution in [0.4, 0.5) is 8.78 Å². The molecule has 0 spiro atoms. The highest BCUT2D eigenvalue weighted by molar-refractivity contribution is 6.04. The maximum atomic E-state index is 14.0. The number of hydrogen-bond donors (Lipinski definition) is 0. The lowest BCUT2D eigenvalue weighted by molar-refractivity contribution is -0.136. The lowest BCUT2D eigenvalue weighted by Crippen LogP contribution is -2.29. The Bertz CT molecular complexity index is 920. The Balaban J connectivity index is 1.91. The SMILES string of the molecule is CN1C[C@H](c2ccc(C#N)c(F)c2)[C@@H](C(=O)Cc2ccccc2F)C1=O. The van der Waals surface area contributed by atoms with E-state index in [-0.39, 0.29) is 30.0 Å². The van der Waals surface area contributed by atoms with E-state index in [1.807, 2.05) is 0 Å². The van der Waals surface area contributed by atoms with Crippen molar-refractivity contribution in [1.29, 1.82) is 5.26 Å². The number of amides is 1. The van der Waals surface area contributed by atoms with Crippen molar-refractivity contribution in [2.75, 3.05) is 13.6 Å². The number of halogens is 2. The molecule has 0 unspecified atom stereocenters. The molecule has 1 heterocycles. The van der Waals surface area contributed by atoms with Crippen molar-refractivity contribution in [2.45, 2.75) is 12.3 Å². The number of hydrogen-bond acceptors (Lipinski definition) is 3. The van der Waals surface area contributed by atoms with Crippen molar-refractivity contribution in [3.05, 3.63) is 70.8 Å². The number of Topliss-reactive ketones (excluding diaryl/α,β-unsaturated/α-hetero) is 1. The van der Waals surface area contributed by atoms with Gasteiger partial charge in [-0.05, 0) is 29.3 Å². The third-order valence-electron chi connectivity index (χ3n) is 4.73. The highest BCUT2D eigenvalue weighted by Gasteiger charge is 2.44. The van der Waals surface area contributed by atoms with Gasteiger partial charge in [-0.25, -0.2) is 8.78 Å². The van der Waals surface area contributed by atoms with Gasteiger partial charge in [-0.3, -0.25) is 9.59 Å². The Hall–Kier alpha value is -3.07. The minimum atomic E-state index is -0.994. The summed E-state index contributed by atoms with van der Waals surface area (Å²) in [5.41, 5.74) is 0.608. The summed E-state index contributed by atoms with van der Waals surface area (Å²) in [6.45, 7) is 0.262. The van der Waals surface area contributed by atoms with Crippen LogP contribution in [-0.4, -0.2) is 30.2 Å². The van der Waals surface area contributed by atoms with Gasteiger partial charge in [0.1, 0.15) is 29.4 Å². The third-order valence-corrected chi connectivity index (χ3v) is 4.73. The van der Waals surface area contributed by atoms with E-state index in [0.29, 0.717) is 5.56 Å². The lowest BCUT2D eigenvalue weighted by Gasteiger charge is -2.16. The number of benzene rings is 2. The van der Waals surface area contributed by atoms with Gasteiger partial charge in [-0.15, -0.1) is 0 Å². The summed E-state index contributed by atoms with van der Waals surface area (Å²) in [5.74, 6) is -3.48. The number of likely N-dealkylation sites (tertiary alicyclic amines) is 1. The topological polar surface area (TPSA) is 61.2 Å². The fourth-order valence-corrected chi connectivity index (χ4v) is 3.35. The molecule has 6 heteroatoms. The van der Waals surface area contributed by atoms with Gasteiger partial charge in [0, 0.05) is 25.9 Å². The van der Waals surface area contributed by atoms with Crippen molar-refractivity contribution < 1.29 is 18.4 Å². The molecule has 1 fully saturated rings. The van der Waals surface area contributed by atoms with E-state index in [2.05, 4.69) is 0 Å². The molecule has 1 aliphatic rings. The predicted molar refractivity (Wildman–Crippen MR) is 90.1 cm³/mol. The predicted octanol–water partition coefficient (Wildman–Crippen LogP) is 2.82. The van der Waals surface area contributed by atoms with Crippen molar-refractivity contribution in [1.82, 2.24) is 4.90 Å². The van der Waals surface area contributed by atoms with Crippen LogP contribution in [0.1, 0.15) is 22.6 Å². The second-order valence-corrected chi connectivity index (χ2v) is 6.39. The zero-order chi connectivity index (χ0) is 18.8.